The summed E-state index contributed by atoms with van der Waals surface area (Å²) in [6.07, 6.45) is -1.73. The molecule has 0 spiro atoms. The van der Waals surface area contributed by atoms with Crippen LogP contribution in [-0.2, 0) is 0 Å². The van der Waals surface area contributed by atoms with E-state index in [1.807, 2.05) is 0 Å². The van der Waals surface area contributed by atoms with E-state index in [9.17, 15) is 8.78 Å². The third kappa shape index (κ3) is 2.53. The molecular weight excluding hydrogens is 242 g/mol. The lowest BCUT2D eigenvalue weighted by atomic mass is 9.99. The summed E-state index contributed by atoms with van der Waals surface area (Å²) in [7, 11) is 0. The monoisotopic (exact) mass is 250 g/mol. The maximum Gasteiger partial charge on any atom is 0.278 e. The fourth-order valence-corrected chi connectivity index (χ4v) is 1.87. The first kappa shape index (κ1) is 11.8. The van der Waals surface area contributed by atoms with Crippen LogP contribution >= 0.6 is 11.6 Å². The summed E-state index contributed by atoms with van der Waals surface area (Å²) in [6.45, 7) is 0. The Bertz CT molecular complexity index is 543. The van der Waals surface area contributed by atoms with Crippen molar-refractivity contribution in [1.29, 1.82) is 0 Å². The molecule has 0 amide bonds. The molecule has 17 heavy (non-hydrogen) atoms. The topological polar surface area (TPSA) is 0 Å². The van der Waals surface area contributed by atoms with Gasteiger partial charge in [0, 0.05) is 10.6 Å². The fourth-order valence-electron chi connectivity index (χ4n) is 1.64. The minimum Gasteiger partial charge on any atom is -0.173 e. The summed E-state index contributed by atoms with van der Waals surface area (Å²) in [5, 5.41) is 0.319. The predicted octanol–water partition coefficient (Wildman–Crippen LogP) is 5.00. The fraction of sp³-hybridized carbons (Fsp3) is 0. The molecule has 0 saturated carbocycles. The molecule has 86 valence electrons. The van der Waals surface area contributed by atoms with E-state index in [1.54, 1.807) is 54.6 Å². The van der Waals surface area contributed by atoms with Gasteiger partial charge in [-0.2, -0.15) is 8.78 Å². The van der Waals surface area contributed by atoms with Gasteiger partial charge >= 0.3 is 0 Å². The van der Waals surface area contributed by atoms with Gasteiger partial charge in [0.25, 0.3) is 6.08 Å². The van der Waals surface area contributed by atoms with Crippen LogP contribution in [0.5, 0.6) is 0 Å². The van der Waals surface area contributed by atoms with Crippen LogP contribution in [0.1, 0.15) is 11.1 Å². The molecule has 0 N–H and O–H groups in total. The zero-order chi connectivity index (χ0) is 12.3. The molecule has 0 atom stereocenters. The van der Waals surface area contributed by atoms with Crippen LogP contribution in [0, 0.1) is 0 Å². The molecule has 2 aromatic rings. The molecule has 0 aliphatic carbocycles. The molecule has 0 unspecified atom stereocenters. The van der Waals surface area contributed by atoms with Crippen LogP contribution in [0.25, 0.3) is 5.57 Å². The first-order valence-corrected chi connectivity index (χ1v) is 5.43. The molecule has 0 heterocycles. The second kappa shape index (κ2) is 5.11. The maximum atomic E-state index is 13.1. The van der Waals surface area contributed by atoms with Crippen molar-refractivity contribution in [2.75, 3.05) is 0 Å². The smallest absolute Gasteiger partial charge is 0.173 e. The molecule has 0 radical (unpaired) electrons. The van der Waals surface area contributed by atoms with Crippen LogP contribution in [0.15, 0.2) is 60.7 Å². The van der Waals surface area contributed by atoms with E-state index in [4.69, 9.17) is 11.6 Å². The molecule has 2 rings (SSSR count). The van der Waals surface area contributed by atoms with Crippen LogP contribution in [0.2, 0.25) is 5.02 Å². The molecule has 0 aliphatic rings. The van der Waals surface area contributed by atoms with E-state index in [0.717, 1.165) is 0 Å². The van der Waals surface area contributed by atoms with Crippen molar-refractivity contribution < 1.29 is 8.78 Å². The van der Waals surface area contributed by atoms with Gasteiger partial charge in [0.1, 0.15) is 0 Å². The Morgan fingerprint density at radius 3 is 2.00 bits per heavy atom. The van der Waals surface area contributed by atoms with E-state index in [0.29, 0.717) is 16.1 Å². The highest BCUT2D eigenvalue weighted by Gasteiger charge is 2.14. The van der Waals surface area contributed by atoms with Crippen molar-refractivity contribution in [2.24, 2.45) is 0 Å². The summed E-state index contributed by atoms with van der Waals surface area (Å²) in [4.78, 5) is 0. The standard InChI is InChI=1S/C14H9ClF2/c15-12-9-5-4-8-11(12)13(14(16)17)10-6-2-1-3-7-10/h1-9H. The van der Waals surface area contributed by atoms with Gasteiger partial charge in [-0.3, -0.25) is 0 Å². The zero-order valence-electron chi connectivity index (χ0n) is 8.83. The number of hydrogen-bond donors (Lipinski definition) is 0. The Kier molecular flexibility index (Phi) is 3.55. The van der Waals surface area contributed by atoms with Gasteiger partial charge in [0.15, 0.2) is 0 Å². The van der Waals surface area contributed by atoms with Gasteiger partial charge < -0.3 is 0 Å². The first-order chi connectivity index (χ1) is 8.20. The number of rotatable bonds is 2. The number of hydrogen-bond acceptors (Lipinski definition) is 0. The van der Waals surface area contributed by atoms with Gasteiger partial charge in [-0.25, -0.2) is 0 Å². The molecule has 0 aliphatic heterocycles. The molecule has 0 saturated heterocycles. The molecule has 0 bridgehead atoms. The van der Waals surface area contributed by atoms with Crippen molar-refractivity contribution in [1.82, 2.24) is 0 Å². The lowest BCUT2D eigenvalue weighted by Gasteiger charge is -2.08. The summed E-state index contributed by atoms with van der Waals surface area (Å²) >= 11 is 5.95. The molecule has 0 fully saturated rings. The lowest BCUT2D eigenvalue weighted by Crippen LogP contribution is -1.90. The van der Waals surface area contributed by atoms with E-state index >= 15 is 0 Å². The average Bonchev–Trinajstić information content (AvgIpc) is 2.33. The third-order valence-corrected chi connectivity index (χ3v) is 2.72. The van der Waals surface area contributed by atoms with Gasteiger partial charge in [-0.15, -0.1) is 0 Å². The average molecular weight is 251 g/mol. The Morgan fingerprint density at radius 2 is 1.41 bits per heavy atom. The van der Waals surface area contributed by atoms with Crippen LogP contribution in [0.4, 0.5) is 8.78 Å². The van der Waals surface area contributed by atoms with E-state index in [2.05, 4.69) is 0 Å². The second-order valence-corrected chi connectivity index (χ2v) is 3.89. The largest absolute Gasteiger partial charge is 0.278 e. The quantitative estimate of drug-likeness (QED) is 0.704. The number of benzene rings is 2. The molecule has 2 aromatic carbocycles. The molecule has 0 aromatic heterocycles. The number of halogens is 3. The van der Waals surface area contributed by atoms with Gasteiger partial charge in [-0.1, -0.05) is 60.1 Å². The van der Waals surface area contributed by atoms with Crippen molar-refractivity contribution in [3.63, 3.8) is 0 Å². The summed E-state index contributed by atoms with van der Waals surface area (Å²) in [6, 6.07) is 15.1. The van der Waals surface area contributed by atoms with E-state index < -0.39 is 6.08 Å². The van der Waals surface area contributed by atoms with E-state index in [-0.39, 0.29) is 5.57 Å². The van der Waals surface area contributed by atoms with Crippen LogP contribution in [0.3, 0.4) is 0 Å². The van der Waals surface area contributed by atoms with Crippen LogP contribution < -0.4 is 0 Å². The van der Waals surface area contributed by atoms with Gasteiger partial charge in [0.05, 0.1) is 5.57 Å². The summed E-state index contributed by atoms with van der Waals surface area (Å²) in [5.41, 5.74) is 0.692. The lowest BCUT2D eigenvalue weighted by molar-refractivity contribution is 0.426. The highest BCUT2D eigenvalue weighted by Crippen LogP contribution is 2.32. The van der Waals surface area contributed by atoms with Crippen LogP contribution in [-0.4, -0.2) is 0 Å². The Morgan fingerprint density at radius 1 is 0.824 bits per heavy atom. The van der Waals surface area contributed by atoms with Crippen molar-refractivity contribution in [3.05, 3.63) is 76.8 Å². The van der Waals surface area contributed by atoms with E-state index in [1.165, 1.54) is 0 Å². The normalized spacial score (nSPS) is 10.1. The highest BCUT2D eigenvalue weighted by molar-refractivity contribution is 6.32. The van der Waals surface area contributed by atoms with Gasteiger partial charge in [0.2, 0.25) is 0 Å². The second-order valence-electron chi connectivity index (χ2n) is 3.48. The Balaban J connectivity index is 2.61. The molecule has 0 nitrogen and oxygen atoms in total. The molecular formula is C14H9ClF2. The predicted molar refractivity (Wildman–Crippen MR) is 66.1 cm³/mol. The maximum absolute atomic E-state index is 13.1. The third-order valence-electron chi connectivity index (χ3n) is 2.39. The van der Waals surface area contributed by atoms with Gasteiger partial charge in [-0.05, 0) is 11.6 Å². The minimum absolute atomic E-state index is 0.115. The first-order valence-electron chi connectivity index (χ1n) is 5.05. The highest BCUT2D eigenvalue weighted by atomic mass is 35.5. The van der Waals surface area contributed by atoms with Crippen molar-refractivity contribution >= 4 is 17.2 Å². The van der Waals surface area contributed by atoms with Crippen molar-refractivity contribution in [3.8, 4) is 0 Å². The Hall–Kier alpha value is -1.67. The molecule has 3 heteroatoms. The summed E-state index contributed by atoms with van der Waals surface area (Å²) in [5.74, 6) is 0. The minimum atomic E-state index is -1.73. The Labute approximate surface area is 103 Å². The SMILES string of the molecule is FC(F)=C(c1ccccc1)c1ccccc1Cl. The summed E-state index contributed by atoms with van der Waals surface area (Å²) < 4.78 is 26.1. The zero-order valence-corrected chi connectivity index (χ0v) is 9.59. The van der Waals surface area contributed by atoms with Crippen molar-refractivity contribution in [2.45, 2.75) is 0 Å².